The van der Waals surface area contributed by atoms with E-state index >= 15 is 0 Å². The third-order valence-electron chi connectivity index (χ3n) is 2.77. The third-order valence-corrected chi connectivity index (χ3v) is 2.77. The predicted molar refractivity (Wildman–Crippen MR) is 69.8 cm³/mol. The smallest absolute Gasteiger partial charge is 0.258 e. The molecule has 0 radical (unpaired) electrons. The van der Waals surface area contributed by atoms with Gasteiger partial charge in [0.1, 0.15) is 5.75 Å². The first-order chi connectivity index (χ1) is 9.52. The van der Waals surface area contributed by atoms with Gasteiger partial charge in [-0.2, -0.15) is 4.39 Å². The molecule has 1 N–H and O–H groups in total. The van der Waals surface area contributed by atoms with Crippen LogP contribution in [0.15, 0.2) is 30.5 Å². The number of nitrogens with one attached hydrogen (secondary N) is 1. The van der Waals surface area contributed by atoms with Crippen molar-refractivity contribution in [2.75, 3.05) is 12.4 Å². The summed E-state index contributed by atoms with van der Waals surface area (Å²) in [6, 6.07) is 6.12. The van der Waals surface area contributed by atoms with E-state index in [1.807, 2.05) is 0 Å². The van der Waals surface area contributed by atoms with Crippen molar-refractivity contribution in [2.45, 2.75) is 6.92 Å². The van der Waals surface area contributed by atoms with Gasteiger partial charge in [0.2, 0.25) is 5.95 Å². The maximum Gasteiger partial charge on any atom is 0.258 e. The van der Waals surface area contributed by atoms with E-state index in [0.29, 0.717) is 11.4 Å². The van der Waals surface area contributed by atoms with Crippen molar-refractivity contribution in [3.8, 4) is 5.75 Å². The molecule has 1 heterocycles. The number of hydrogen-bond acceptors (Lipinski definition) is 3. The average molecular weight is 278 g/mol. The Morgan fingerprint density at radius 3 is 2.70 bits per heavy atom. The van der Waals surface area contributed by atoms with Crippen molar-refractivity contribution in [2.24, 2.45) is 0 Å². The van der Waals surface area contributed by atoms with Crippen LogP contribution in [0.1, 0.15) is 15.9 Å². The van der Waals surface area contributed by atoms with Crippen molar-refractivity contribution in [3.63, 3.8) is 0 Å². The first-order valence-corrected chi connectivity index (χ1v) is 5.79. The number of ether oxygens (including phenoxy) is 1. The minimum absolute atomic E-state index is 0.396. The Labute approximate surface area is 114 Å². The lowest BCUT2D eigenvalue weighted by atomic mass is 10.1. The fraction of sp³-hybridized carbons (Fsp3) is 0.143. The molecule has 4 nitrogen and oxygen atoms in total. The molecule has 0 atom stereocenters. The number of aryl methyl sites for hydroxylation is 1. The van der Waals surface area contributed by atoms with Gasteiger partial charge in [-0.15, -0.1) is 0 Å². The minimum Gasteiger partial charge on any atom is -0.497 e. The Morgan fingerprint density at radius 2 is 2.05 bits per heavy atom. The molecular formula is C14H12F2N2O2. The number of amides is 1. The maximum atomic E-state index is 13.5. The molecule has 1 aromatic heterocycles. The summed E-state index contributed by atoms with van der Waals surface area (Å²) in [7, 11) is 1.53. The first-order valence-electron chi connectivity index (χ1n) is 5.79. The number of rotatable bonds is 3. The highest BCUT2D eigenvalue weighted by molar-refractivity contribution is 6.04. The van der Waals surface area contributed by atoms with Crippen LogP contribution < -0.4 is 10.1 Å². The number of halogens is 2. The molecule has 1 aromatic carbocycles. The van der Waals surface area contributed by atoms with Crippen LogP contribution >= 0.6 is 0 Å². The van der Waals surface area contributed by atoms with Gasteiger partial charge in [0.15, 0.2) is 5.82 Å². The number of methoxy groups -OCH3 is 1. The highest BCUT2D eigenvalue weighted by Gasteiger charge is 2.16. The van der Waals surface area contributed by atoms with Gasteiger partial charge in [-0.25, -0.2) is 9.37 Å². The lowest BCUT2D eigenvalue weighted by molar-refractivity contribution is 0.102. The molecule has 2 rings (SSSR count). The summed E-state index contributed by atoms with van der Waals surface area (Å²) < 4.78 is 31.5. The van der Waals surface area contributed by atoms with Gasteiger partial charge in [-0.1, -0.05) is 0 Å². The molecule has 1 amide bonds. The van der Waals surface area contributed by atoms with Crippen LogP contribution in [0.3, 0.4) is 0 Å². The van der Waals surface area contributed by atoms with E-state index in [-0.39, 0.29) is 0 Å². The van der Waals surface area contributed by atoms with E-state index in [0.717, 1.165) is 17.8 Å². The number of carbonyl (C=O) groups is 1. The molecule has 0 aliphatic heterocycles. The SMILES string of the molecule is COc1ccc(NC(=O)c2ccnc(F)c2F)c(C)c1. The molecule has 6 heteroatoms. The standard InChI is InChI=1S/C14H12F2N2O2/c1-8-7-9(20-2)3-4-11(8)18-14(19)10-5-6-17-13(16)12(10)15/h3-7H,1-2H3,(H,18,19). The first kappa shape index (κ1) is 13.9. The average Bonchev–Trinajstić information content (AvgIpc) is 2.44. The van der Waals surface area contributed by atoms with Crippen molar-refractivity contribution < 1.29 is 18.3 Å². The topological polar surface area (TPSA) is 51.2 Å². The molecule has 0 bridgehead atoms. The van der Waals surface area contributed by atoms with Crippen LogP contribution in [0, 0.1) is 18.7 Å². The number of benzene rings is 1. The van der Waals surface area contributed by atoms with Crippen LogP contribution in [0.25, 0.3) is 0 Å². The zero-order chi connectivity index (χ0) is 14.7. The summed E-state index contributed by atoms with van der Waals surface area (Å²) in [5.74, 6) is -2.67. The van der Waals surface area contributed by atoms with Crippen molar-refractivity contribution >= 4 is 11.6 Å². The van der Waals surface area contributed by atoms with E-state index in [4.69, 9.17) is 4.74 Å². The Balaban J connectivity index is 2.26. The van der Waals surface area contributed by atoms with E-state index < -0.39 is 23.2 Å². The number of carbonyl (C=O) groups excluding carboxylic acids is 1. The Bertz CT molecular complexity index is 660. The van der Waals surface area contributed by atoms with Gasteiger partial charge in [0, 0.05) is 11.9 Å². The molecule has 0 fully saturated rings. The highest BCUT2D eigenvalue weighted by Crippen LogP contribution is 2.22. The number of nitrogens with zero attached hydrogens (tertiary/aromatic N) is 1. The van der Waals surface area contributed by atoms with Gasteiger partial charge < -0.3 is 10.1 Å². The van der Waals surface area contributed by atoms with Crippen LogP contribution in [0.4, 0.5) is 14.5 Å². The van der Waals surface area contributed by atoms with Gasteiger partial charge in [-0.05, 0) is 36.8 Å². The second-order valence-corrected chi connectivity index (χ2v) is 4.10. The number of aromatic nitrogens is 1. The Morgan fingerprint density at radius 1 is 1.30 bits per heavy atom. The molecule has 104 valence electrons. The van der Waals surface area contributed by atoms with Crippen LogP contribution in [0.5, 0.6) is 5.75 Å². The van der Waals surface area contributed by atoms with E-state index in [1.165, 1.54) is 7.11 Å². The van der Waals surface area contributed by atoms with Gasteiger partial charge in [0.25, 0.3) is 5.91 Å². The van der Waals surface area contributed by atoms with E-state index in [2.05, 4.69) is 10.3 Å². The summed E-state index contributed by atoms with van der Waals surface area (Å²) in [5, 5.41) is 2.52. The number of pyridine rings is 1. The quantitative estimate of drug-likeness (QED) is 0.878. The Kier molecular flexibility index (Phi) is 3.93. The molecule has 20 heavy (non-hydrogen) atoms. The Hall–Kier alpha value is -2.50. The zero-order valence-electron chi connectivity index (χ0n) is 10.9. The summed E-state index contributed by atoms with van der Waals surface area (Å²) >= 11 is 0. The summed E-state index contributed by atoms with van der Waals surface area (Å²) in [6.07, 6.45) is 1.04. The fourth-order valence-electron chi connectivity index (χ4n) is 1.69. The summed E-state index contributed by atoms with van der Waals surface area (Å²) in [6.45, 7) is 1.77. The monoisotopic (exact) mass is 278 g/mol. The van der Waals surface area contributed by atoms with Crippen molar-refractivity contribution in [3.05, 3.63) is 53.4 Å². The van der Waals surface area contributed by atoms with Crippen molar-refractivity contribution in [1.82, 2.24) is 4.98 Å². The molecule has 0 aliphatic carbocycles. The lowest BCUT2D eigenvalue weighted by Crippen LogP contribution is -2.15. The normalized spacial score (nSPS) is 10.2. The molecule has 0 aliphatic rings. The minimum atomic E-state index is -1.30. The molecule has 0 unspecified atom stereocenters. The largest absolute Gasteiger partial charge is 0.497 e. The highest BCUT2D eigenvalue weighted by atomic mass is 19.2. The molecule has 0 spiro atoms. The fourth-order valence-corrected chi connectivity index (χ4v) is 1.69. The summed E-state index contributed by atoms with van der Waals surface area (Å²) in [5.41, 5.74) is 0.841. The van der Waals surface area contributed by atoms with Crippen LogP contribution in [-0.2, 0) is 0 Å². The van der Waals surface area contributed by atoms with E-state index in [9.17, 15) is 13.6 Å². The van der Waals surface area contributed by atoms with Gasteiger partial charge in [-0.3, -0.25) is 4.79 Å². The maximum absolute atomic E-state index is 13.5. The van der Waals surface area contributed by atoms with Gasteiger partial charge >= 0.3 is 0 Å². The lowest BCUT2D eigenvalue weighted by Gasteiger charge is -2.10. The van der Waals surface area contributed by atoms with E-state index in [1.54, 1.807) is 25.1 Å². The van der Waals surface area contributed by atoms with Crippen LogP contribution in [0.2, 0.25) is 0 Å². The molecular weight excluding hydrogens is 266 g/mol. The molecule has 2 aromatic rings. The van der Waals surface area contributed by atoms with Crippen molar-refractivity contribution in [1.29, 1.82) is 0 Å². The third kappa shape index (κ3) is 2.74. The number of anilines is 1. The predicted octanol–water partition coefficient (Wildman–Crippen LogP) is 2.93. The number of hydrogen-bond donors (Lipinski definition) is 1. The summed E-state index contributed by atoms with van der Waals surface area (Å²) in [4.78, 5) is 15.0. The molecule has 0 saturated heterocycles. The molecule has 0 saturated carbocycles. The second-order valence-electron chi connectivity index (χ2n) is 4.10. The zero-order valence-corrected chi connectivity index (χ0v) is 10.9. The second kappa shape index (κ2) is 5.64. The van der Waals surface area contributed by atoms with Gasteiger partial charge in [0.05, 0.1) is 12.7 Å². The van der Waals surface area contributed by atoms with Crippen LogP contribution in [-0.4, -0.2) is 18.0 Å².